The van der Waals surface area contributed by atoms with E-state index >= 15 is 0 Å². The molecule has 3 fully saturated rings. The maximum absolute atomic E-state index is 14.8. The van der Waals surface area contributed by atoms with Gasteiger partial charge in [0.05, 0.1) is 18.1 Å². The zero-order valence-corrected chi connectivity index (χ0v) is 19.4. The van der Waals surface area contributed by atoms with Gasteiger partial charge in [0.1, 0.15) is 17.3 Å². The summed E-state index contributed by atoms with van der Waals surface area (Å²) in [5, 5.41) is 0. The van der Waals surface area contributed by atoms with Gasteiger partial charge >= 0.3 is 6.18 Å². The lowest BCUT2D eigenvalue weighted by atomic mass is 9.72. The van der Waals surface area contributed by atoms with Crippen molar-refractivity contribution in [2.24, 2.45) is 11.3 Å². The minimum Gasteiger partial charge on any atom is -0.493 e. The van der Waals surface area contributed by atoms with Gasteiger partial charge in [0.2, 0.25) is 10.0 Å². The Hall–Kier alpha value is -1.68. The van der Waals surface area contributed by atoms with Crippen molar-refractivity contribution in [2.75, 3.05) is 25.4 Å². The molecule has 0 radical (unpaired) electrons. The Labute approximate surface area is 191 Å². The minimum atomic E-state index is -4.18. The first-order valence-electron chi connectivity index (χ1n) is 11.4. The van der Waals surface area contributed by atoms with Crippen molar-refractivity contribution in [1.82, 2.24) is 4.31 Å². The van der Waals surface area contributed by atoms with Gasteiger partial charge in [-0.05, 0) is 62.5 Å². The number of carbonyl (C=O) groups excluding carboxylic acids is 1. The Morgan fingerprint density at radius 2 is 1.79 bits per heavy atom. The molecule has 0 atom stereocenters. The SMILES string of the molecule is CC1(COc2cc(F)c(C(=O)CS(=O)(=O)N3CCC3)cc2C2CC2)CCC(C(F)(F)F)CC1. The molecule has 5 nitrogen and oxygen atoms in total. The van der Waals surface area contributed by atoms with E-state index in [2.05, 4.69) is 0 Å². The number of sulfonamides is 1. The quantitative estimate of drug-likeness (QED) is 0.377. The molecule has 33 heavy (non-hydrogen) atoms. The average Bonchev–Trinajstić information content (AvgIpc) is 3.48. The fourth-order valence-corrected chi connectivity index (χ4v) is 6.05. The number of ketones is 1. The first-order valence-corrected chi connectivity index (χ1v) is 13.0. The topological polar surface area (TPSA) is 63.7 Å². The molecule has 4 rings (SSSR count). The molecular formula is C23H29F4NO4S. The fraction of sp³-hybridized carbons (Fsp3) is 0.696. The molecule has 0 amide bonds. The summed E-state index contributed by atoms with van der Waals surface area (Å²) in [6.45, 7) is 2.79. The molecule has 2 saturated carbocycles. The number of ether oxygens (including phenoxy) is 1. The van der Waals surface area contributed by atoms with Gasteiger partial charge in [-0.3, -0.25) is 4.79 Å². The van der Waals surface area contributed by atoms with Crippen LogP contribution in [0.5, 0.6) is 5.75 Å². The van der Waals surface area contributed by atoms with Crippen LogP contribution in [0.15, 0.2) is 12.1 Å². The molecule has 0 bridgehead atoms. The van der Waals surface area contributed by atoms with E-state index in [1.165, 1.54) is 10.4 Å². The third-order valence-electron chi connectivity index (χ3n) is 7.17. The lowest BCUT2D eigenvalue weighted by Crippen LogP contribution is -2.44. The molecule has 10 heteroatoms. The Morgan fingerprint density at radius 1 is 1.15 bits per heavy atom. The van der Waals surface area contributed by atoms with E-state index in [-0.39, 0.29) is 36.7 Å². The van der Waals surface area contributed by atoms with E-state index < -0.39 is 44.9 Å². The molecule has 0 N–H and O–H groups in total. The Balaban J connectivity index is 1.46. The molecular weight excluding hydrogens is 462 g/mol. The largest absolute Gasteiger partial charge is 0.493 e. The van der Waals surface area contributed by atoms with Crippen LogP contribution in [0.25, 0.3) is 0 Å². The van der Waals surface area contributed by atoms with Crippen LogP contribution in [-0.2, 0) is 10.0 Å². The van der Waals surface area contributed by atoms with Crippen LogP contribution in [0, 0.1) is 17.2 Å². The molecule has 3 aliphatic rings. The summed E-state index contributed by atoms with van der Waals surface area (Å²) < 4.78 is 85.5. The van der Waals surface area contributed by atoms with Crippen LogP contribution in [-0.4, -0.2) is 50.1 Å². The lowest BCUT2D eigenvalue weighted by Gasteiger charge is -2.37. The number of halogens is 4. The molecule has 1 saturated heterocycles. The van der Waals surface area contributed by atoms with E-state index in [9.17, 15) is 30.8 Å². The van der Waals surface area contributed by atoms with Gasteiger partial charge in [0.15, 0.2) is 5.78 Å². The Kier molecular flexibility index (Phi) is 6.54. The molecule has 2 aliphatic carbocycles. The molecule has 1 heterocycles. The number of benzene rings is 1. The molecule has 1 aromatic rings. The summed E-state index contributed by atoms with van der Waals surface area (Å²) in [6.07, 6.45) is -0.908. The van der Waals surface area contributed by atoms with Gasteiger partial charge in [0, 0.05) is 24.6 Å². The monoisotopic (exact) mass is 491 g/mol. The lowest BCUT2D eigenvalue weighted by molar-refractivity contribution is -0.187. The minimum absolute atomic E-state index is 0.0478. The predicted octanol–water partition coefficient (Wildman–Crippen LogP) is 5.06. The van der Waals surface area contributed by atoms with Crippen molar-refractivity contribution in [1.29, 1.82) is 0 Å². The number of nitrogens with zero attached hydrogens (tertiary/aromatic N) is 1. The summed E-state index contributed by atoms with van der Waals surface area (Å²) in [5.41, 5.74) is -0.0438. The predicted molar refractivity (Wildman–Crippen MR) is 114 cm³/mol. The summed E-state index contributed by atoms with van der Waals surface area (Å²) in [5.74, 6) is -3.30. The van der Waals surface area contributed by atoms with Crippen molar-refractivity contribution in [2.45, 2.75) is 64.0 Å². The van der Waals surface area contributed by atoms with Crippen molar-refractivity contribution in [3.8, 4) is 5.75 Å². The van der Waals surface area contributed by atoms with Crippen LogP contribution < -0.4 is 4.74 Å². The van der Waals surface area contributed by atoms with Crippen LogP contribution in [0.3, 0.4) is 0 Å². The summed E-state index contributed by atoms with van der Waals surface area (Å²) in [4.78, 5) is 12.6. The van der Waals surface area contributed by atoms with E-state index in [4.69, 9.17) is 4.74 Å². The molecule has 0 aromatic heterocycles. The third-order valence-corrected chi connectivity index (χ3v) is 8.95. The maximum atomic E-state index is 14.8. The van der Waals surface area contributed by atoms with Gasteiger partial charge in [-0.25, -0.2) is 17.1 Å². The second-order valence-corrected chi connectivity index (χ2v) is 12.0. The highest BCUT2D eigenvalue weighted by atomic mass is 32.2. The Bertz CT molecular complexity index is 1010. The smallest absolute Gasteiger partial charge is 0.391 e. The highest BCUT2D eigenvalue weighted by molar-refractivity contribution is 7.89. The van der Waals surface area contributed by atoms with E-state index in [1.807, 2.05) is 6.92 Å². The molecule has 0 unspecified atom stereocenters. The average molecular weight is 492 g/mol. The zero-order chi connectivity index (χ0) is 24.0. The van der Waals surface area contributed by atoms with E-state index in [1.54, 1.807) is 0 Å². The van der Waals surface area contributed by atoms with Crippen LogP contribution in [0.1, 0.15) is 73.7 Å². The number of alkyl halides is 3. The first-order chi connectivity index (χ1) is 15.4. The van der Waals surface area contributed by atoms with Gasteiger partial charge in [-0.2, -0.15) is 13.2 Å². The highest BCUT2D eigenvalue weighted by Gasteiger charge is 2.44. The first kappa shape index (κ1) is 24.4. The molecule has 0 spiro atoms. The molecule has 1 aliphatic heterocycles. The zero-order valence-electron chi connectivity index (χ0n) is 18.6. The van der Waals surface area contributed by atoms with Gasteiger partial charge < -0.3 is 4.74 Å². The maximum Gasteiger partial charge on any atom is 0.391 e. The molecule has 184 valence electrons. The van der Waals surface area contributed by atoms with Crippen LogP contribution in [0.2, 0.25) is 0 Å². The normalized spacial score (nSPS) is 26.6. The van der Waals surface area contributed by atoms with Gasteiger partial charge in [0.25, 0.3) is 0 Å². The summed E-state index contributed by atoms with van der Waals surface area (Å²) >= 11 is 0. The van der Waals surface area contributed by atoms with Crippen molar-refractivity contribution >= 4 is 15.8 Å². The van der Waals surface area contributed by atoms with E-state index in [0.29, 0.717) is 31.5 Å². The molecule has 1 aromatic carbocycles. The Morgan fingerprint density at radius 3 is 2.30 bits per heavy atom. The number of hydrogen-bond donors (Lipinski definition) is 0. The number of hydrogen-bond acceptors (Lipinski definition) is 4. The van der Waals surface area contributed by atoms with Crippen molar-refractivity contribution in [3.05, 3.63) is 29.1 Å². The number of Topliss-reactive ketones (excluding diaryl/α,β-unsaturated/α-hetero) is 1. The standard InChI is InChI=1S/C23H29F4NO4S/c1-22(7-5-16(6-8-22)23(25,26)27)14-32-21-12-19(24)18(11-17(21)15-3-4-15)20(29)13-33(30,31)28-9-2-10-28/h11-12,15-16H,2-10,13-14H2,1H3. The van der Waals surface area contributed by atoms with E-state index in [0.717, 1.165) is 25.3 Å². The number of carbonyl (C=O) groups is 1. The van der Waals surface area contributed by atoms with Crippen LogP contribution in [0.4, 0.5) is 17.6 Å². The van der Waals surface area contributed by atoms with Crippen LogP contribution >= 0.6 is 0 Å². The van der Waals surface area contributed by atoms with Gasteiger partial charge in [-0.1, -0.05) is 6.92 Å². The second-order valence-electron chi connectivity index (χ2n) is 9.99. The highest BCUT2D eigenvalue weighted by Crippen LogP contribution is 2.47. The van der Waals surface area contributed by atoms with Crippen molar-refractivity contribution < 1.29 is 35.5 Å². The third kappa shape index (κ3) is 5.53. The second kappa shape index (κ2) is 8.83. The van der Waals surface area contributed by atoms with Crippen molar-refractivity contribution in [3.63, 3.8) is 0 Å². The fourth-order valence-electron chi connectivity index (χ4n) is 4.56. The van der Waals surface area contributed by atoms with Gasteiger partial charge in [-0.15, -0.1) is 0 Å². The summed E-state index contributed by atoms with van der Waals surface area (Å²) in [6, 6.07) is 2.53. The number of rotatable bonds is 8. The summed E-state index contributed by atoms with van der Waals surface area (Å²) in [7, 11) is -3.76.